The number of nitrogens with two attached hydrogens (primary N) is 1. The highest BCUT2D eigenvalue weighted by Crippen LogP contribution is 2.18. The van der Waals surface area contributed by atoms with Gasteiger partial charge in [-0.15, -0.1) is 0 Å². The Bertz CT molecular complexity index is 623. The minimum Gasteiger partial charge on any atom is -0.394 e. The molecule has 1 heterocycles. The first kappa shape index (κ1) is 13.6. The van der Waals surface area contributed by atoms with E-state index in [9.17, 15) is 4.79 Å². The predicted octanol–water partition coefficient (Wildman–Crippen LogP) is 1.99. The van der Waals surface area contributed by atoms with E-state index in [0.717, 1.165) is 11.1 Å². The third kappa shape index (κ3) is 2.79. The molecule has 0 saturated heterocycles. The van der Waals surface area contributed by atoms with Crippen LogP contribution in [0.4, 0.5) is 5.69 Å². The van der Waals surface area contributed by atoms with Crippen molar-refractivity contribution in [3.63, 3.8) is 0 Å². The van der Waals surface area contributed by atoms with Crippen LogP contribution in [0.15, 0.2) is 41.3 Å². The van der Waals surface area contributed by atoms with Crippen LogP contribution in [0.5, 0.6) is 0 Å². The molecule has 0 aliphatic carbocycles. The van der Waals surface area contributed by atoms with Crippen LogP contribution in [-0.2, 0) is 7.05 Å². The first-order valence-electron chi connectivity index (χ1n) is 6.42. The first-order chi connectivity index (χ1) is 9.02. The van der Waals surface area contributed by atoms with Gasteiger partial charge in [-0.2, -0.15) is 0 Å². The standard InChI is InChI=1S/C15H19N2OSi/c1-4-19(3)13-7-5-6-11(8-13)12-9-14(16)15(18)17(2)10-12/h5-10H,4,16H2,1-3H3. The molecular weight excluding hydrogens is 252 g/mol. The average molecular weight is 271 g/mol. The van der Waals surface area contributed by atoms with Gasteiger partial charge < -0.3 is 10.3 Å². The van der Waals surface area contributed by atoms with Crippen LogP contribution >= 0.6 is 0 Å². The maximum absolute atomic E-state index is 11.6. The molecule has 99 valence electrons. The molecule has 3 nitrogen and oxygen atoms in total. The summed E-state index contributed by atoms with van der Waals surface area (Å²) in [5, 5.41) is 1.41. The van der Waals surface area contributed by atoms with Crippen LogP contribution in [0.3, 0.4) is 0 Å². The molecule has 0 spiro atoms. The van der Waals surface area contributed by atoms with E-state index in [1.807, 2.05) is 6.20 Å². The molecule has 1 radical (unpaired) electrons. The van der Waals surface area contributed by atoms with Gasteiger partial charge in [0.25, 0.3) is 5.56 Å². The Morgan fingerprint density at radius 3 is 2.63 bits per heavy atom. The number of rotatable bonds is 3. The lowest BCUT2D eigenvalue weighted by molar-refractivity contribution is 0.866. The van der Waals surface area contributed by atoms with Crippen molar-refractivity contribution in [3.05, 3.63) is 46.9 Å². The zero-order chi connectivity index (χ0) is 14.0. The first-order valence-corrected chi connectivity index (χ1v) is 8.63. The number of benzene rings is 1. The SMILES string of the molecule is CC[Si](C)c1cccc(-c2cc(N)c(=O)n(C)c2)c1. The number of nitrogen functional groups attached to an aromatic ring is 1. The smallest absolute Gasteiger partial charge is 0.273 e. The van der Waals surface area contributed by atoms with Crippen LogP contribution in [0.25, 0.3) is 11.1 Å². The van der Waals surface area contributed by atoms with E-state index in [1.54, 1.807) is 13.1 Å². The highest BCUT2D eigenvalue weighted by atomic mass is 28.3. The van der Waals surface area contributed by atoms with Gasteiger partial charge in [0.05, 0.1) is 14.5 Å². The summed E-state index contributed by atoms with van der Waals surface area (Å²) in [6, 6.07) is 11.5. The minimum absolute atomic E-state index is 0.145. The van der Waals surface area contributed by atoms with Gasteiger partial charge in [-0.05, 0) is 11.6 Å². The third-order valence-corrected chi connectivity index (χ3v) is 5.79. The number of pyridine rings is 1. The van der Waals surface area contributed by atoms with Gasteiger partial charge in [-0.1, -0.05) is 49.0 Å². The number of anilines is 1. The van der Waals surface area contributed by atoms with Crippen LogP contribution < -0.4 is 16.5 Å². The molecule has 1 aromatic carbocycles. The second kappa shape index (κ2) is 5.44. The number of nitrogens with zero attached hydrogens (tertiary/aromatic N) is 1. The molecule has 4 heteroatoms. The fourth-order valence-electron chi connectivity index (χ4n) is 2.06. The molecule has 0 aliphatic rings. The molecular formula is C15H19N2OSi. The van der Waals surface area contributed by atoms with Crippen molar-refractivity contribution in [1.82, 2.24) is 4.57 Å². The lowest BCUT2D eigenvalue weighted by Gasteiger charge is -2.11. The van der Waals surface area contributed by atoms with Crippen molar-refractivity contribution >= 4 is 19.7 Å². The van der Waals surface area contributed by atoms with Crippen molar-refractivity contribution in [2.45, 2.75) is 19.5 Å². The summed E-state index contributed by atoms with van der Waals surface area (Å²) in [6.45, 7) is 4.55. The Labute approximate surface area is 115 Å². The zero-order valence-electron chi connectivity index (χ0n) is 11.6. The van der Waals surface area contributed by atoms with E-state index in [-0.39, 0.29) is 5.56 Å². The Hall–Kier alpha value is -1.81. The molecule has 19 heavy (non-hydrogen) atoms. The molecule has 0 fully saturated rings. The maximum atomic E-state index is 11.6. The van der Waals surface area contributed by atoms with Crippen LogP contribution in [0, 0.1) is 0 Å². The summed E-state index contributed by atoms with van der Waals surface area (Å²) < 4.78 is 1.54. The number of aryl methyl sites for hydroxylation is 1. The summed E-state index contributed by atoms with van der Waals surface area (Å²) in [5.41, 5.74) is 8.02. The molecule has 0 atom stereocenters. The summed E-state index contributed by atoms with van der Waals surface area (Å²) >= 11 is 0. The average Bonchev–Trinajstić information content (AvgIpc) is 2.43. The summed E-state index contributed by atoms with van der Waals surface area (Å²) in [5.74, 6) is 0. The third-order valence-electron chi connectivity index (χ3n) is 3.43. The van der Waals surface area contributed by atoms with E-state index in [2.05, 4.69) is 37.7 Å². The molecule has 0 bridgehead atoms. The highest BCUT2D eigenvalue weighted by molar-refractivity contribution is 6.72. The summed E-state index contributed by atoms with van der Waals surface area (Å²) in [7, 11) is 1.27. The van der Waals surface area contributed by atoms with Crippen molar-refractivity contribution in [1.29, 1.82) is 0 Å². The molecule has 2 aromatic rings. The summed E-state index contributed by atoms with van der Waals surface area (Å²) in [6.07, 6.45) is 1.84. The quantitative estimate of drug-likeness (QED) is 0.868. The lowest BCUT2D eigenvalue weighted by atomic mass is 10.1. The van der Waals surface area contributed by atoms with Crippen LogP contribution in [0.2, 0.25) is 12.6 Å². The Morgan fingerprint density at radius 1 is 1.26 bits per heavy atom. The van der Waals surface area contributed by atoms with Gasteiger partial charge >= 0.3 is 0 Å². The largest absolute Gasteiger partial charge is 0.394 e. The molecule has 0 amide bonds. The minimum atomic E-state index is -0.463. The van der Waals surface area contributed by atoms with Gasteiger partial charge in [-0.25, -0.2) is 0 Å². The Kier molecular flexibility index (Phi) is 3.90. The fourth-order valence-corrected chi connectivity index (χ4v) is 3.25. The van der Waals surface area contributed by atoms with E-state index in [0.29, 0.717) is 5.69 Å². The fraction of sp³-hybridized carbons (Fsp3) is 0.267. The molecule has 0 unspecified atom stereocenters. The molecule has 2 rings (SSSR count). The van der Waals surface area contributed by atoms with E-state index in [1.165, 1.54) is 15.8 Å². The van der Waals surface area contributed by atoms with Gasteiger partial charge in [0.15, 0.2) is 0 Å². The number of aromatic nitrogens is 1. The monoisotopic (exact) mass is 271 g/mol. The predicted molar refractivity (Wildman–Crippen MR) is 83.3 cm³/mol. The van der Waals surface area contributed by atoms with Crippen LogP contribution in [-0.4, -0.2) is 13.4 Å². The van der Waals surface area contributed by atoms with Crippen molar-refractivity contribution in [2.24, 2.45) is 7.05 Å². The maximum Gasteiger partial charge on any atom is 0.273 e. The normalized spacial score (nSPS) is 10.9. The summed E-state index contributed by atoms with van der Waals surface area (Å²) in [4.78, 5) is 11.6. The molecule has 2 N–H and O–H groups in total. The van der Waals surface area contributed by atoms with Crippen molar-refractivity contribution < 1.29 is 0 Å². The second-order valence-electron chi connectivity index (χ2n) is 4.81. The number of hydrogen-bond donors (Lipinski definition) is 1. The van der Waals surface area contributed by atoms with Crippen molar-refractivity contribution in [2.75, 3.05) is 5.73 Å². The molecule has 0 aliphatic heterocycles. The van der Waals surface area contributed by atoms with Crippen molar-refractivity contribution in [3.8, 4) is 11.1 Å². The van der Waals surface area contributed by atoms with Gasteiger partial charge in [0.2, 0.25) is 0 Å². The van der Waals surface area contributed by atoms with Gasteiger partial charge in [0, 0.05) is 18.8 Å². The molecule has 0 saturated carbocycles. The zero-order valence-corrected chi connectivity index (χ0v) is 12.6. The number of hydrogen-bond acceptors (Lipinski definition) is 2. The molecule has 1 aromatic heterocycles. The van der Waals surface area contributed by atoms with E-state index in [4.69, 9.17) is 5.73 Å². The highest BCUT2D eigenvalue weighted by Gasteiger charge is 2.08. The van der Waals surface area contributed by atoms with Crippen LogP contribution in [0.1, 0.15) is 6.92 Å². The second-order valence-corrected chi connectivity index (χ2v) is 7.66. The Morgan fingerprint density at radius 2 is 2.00 bits per heavy atom. The van der Waals surface area contributed by atoms with E-state index < -0.39 is 8.80 Å². The van der Waals surface area contributed by atoms with E-state index >= 15 is 0 Å². The van der Waals surface area contributed by atoms with Gasteiger partial charge in [-0.3, -0.25) is 4.79 Å². The lowest BCUT2D eigenvalue weighted by Crippen LogP contribution is -2.25. The van der Waals surface area contributed by atoms with Gasteiger partial charge in [0.1, 0.15) is 0 Å². The Balaban J connectivity index is 2.50. The topological polar surface area (TPSA) is 48.0 Å².